The Kier molecular flexibility index (Phi) is 3.73. The molecule has 0 radical (unpaired) electrons. The summed E-state index contributed by atoms with van der Waals surface area (Å²) >= 11 is 0. The topological polar surface area (TPSA) is 102 Å². The Morgan fingerprint density at radius 2 is 1.48 bits per heavy atom. The summed E-state index contributed by atoms with van der Waals surface area (Å²) in [5, 5.41) is 28.5. The molecule has 0 unspecified atom stereocenters. The van der Waals surface area contributed by atoms with Crippen molar-refractivity contribution in [2.75, 3.05) is 5.32 Å². The lowest BCUT2D eigenvalue weighted by atomic mass is 10.2. The van der Waals surface area contributed by atoms with Crippen LogP contribution in [-0.2, 0) is 0 Å². The lowest BCUT2D eigenvalue weighted by Gasteiger charge is -2.31. The molecular formula is C13H4F4N4O2. The number of nitriles is 3. The molecule has 1 aliphatic heterocycles. The number of rotatable bonds is 2. The molecule has 0 saturated carbocycles. The first kappa shape index (κ1) is 15.9. The smallest absolute Gasteiger partial charge is 0.421 e. The van der Waals surface area contributed by atoms with Crippen molar-refractivity contribution in [3.8, 4) is 29.7 Å². The van der Waals surface area contributed by atoms with Gasteiger partial charge in [0.15, 0.2) is 17.1 Å². The number of hydrogen-bond donors (Lipinski definition) is 1. The number of nitrogens with one attached hydrogen (secondary N) is 1. The van der Waals surface area contributed by atoms with E-state index in [0.717, 1.165) is 18.2 Å². The van der Waals surface area contributed by atoms with Gasteiger partial charge in [0, 0.05) is 11.8 Å². The summed E-state index contributed by atoms with van der Waals surface area (Å²) in [6.45, 7) is 0. The number of halogens is 4. The Morgan fingerprint density at radius 1 is 0.913 bits per heavy atom. The molecule has 6 nitrogen and oxygen atoms in total. The second kappa shape index (κ2) is 5.39. The predicted molar refractivity (Wildman–Crippen MR) is 65.1 cm³/mol. The van der Waals surface area contributed by atoms with Crippen molar-refractivity contribution in [2.24, 2.45) is 0 Å². The second-order valence-corrected chi connectivity index (χ2v) is 4.11. The summed E-state index contributed by atoms with van der Waals surface area (Å²) in [6.07, 6.45) is -9.71. The van der Waals surface area contributed by atoms with Crippen LogP contribution < -0.4 is 14.8 Å². The highest BCUT2D eigenvalue weighted by molar-refractivity contribution is 5.62. The Labute approximate surface area is 126 Å². The molecule has 0 amide bonds. The van der Waals surface area contributed by atoms with Crippen LogP contribution in [0.4, 0.5) is 23.2 Å². The van der Waals surface area contributed by atoms with Gasteiger partial charge in [0.2, 0.25) is 0 Å². The van der Waals surface area contributed by atoms with E-state index in [0.29, 0.717) is 0 Å². The van der Waals surface area contributed by atoms with E-state index < -0.39 is 35.0 Å². The van der Waals surface area contributed by atoms with Gasteiger partial charge in [-0.2, -0.15) is 33.3 Å². The largest absolute Gasteiger partial charge is 0.507 e. The molecule has 1 heterocycles. The summed E-state index contributed by atoms with van der Waals surface area (Å²) < 4.78 is 60.0. The third-order valence-corrected chi connectivity index (χ3v) is 2.61. The Bertz CT molecular complexity index is 799. The molecule has 0 aliphatic carbocycles. The third kappa shape index (κ3) is 2.81. The van der Waals surface area contributed by atoms with E-state index in [4.69, 9.17) is 15.8 Å². The molecule has 1 N–H and O–H groups in total. The average Bonchev–Trinajstić information content (AvgIpc) is 2.48. The molecule has 0 atom stereocenters. The van der Waals surface area contributed by atoms with Gasteiger partial charge in [0.05, 0.1) is 0 Å². The van der Waals surface area contributed by atoms with Gasteiger partial charge in [-0.25, -0.2) is 0 Å². The van der Waals surface area contributed by atoms with Crippen molar-refractivity contribution in [1.29, 1.82) is 15.8 Å². The van der Waals surface area contributed by atoms with Gasteiger partial charge >= 0.3 is 12.2 Å². The van der Waals surface area contributed by atoms with Crippen LogP contribution >= 0.6 is 0 Å². The van der Waals surface area contributed by atoms with Crippen LogP contribution in [0.3, 0.4) is 0 Å². The van der Waals surface area contributed by atoms with Gasteiger partial charge in [-0.05, 0) is 12.1 Å². The molecule has 0 spiro atoms. The first-order valence-corrected chi connectivity index (χ1v) is 5.73. The summed E-state index contributed by atoms with van der Waals surface area (Å²) in [5.74, 6) is -1.33. The second-order valence-electron chi connectivity index (χ2n) is 4.11. The molecule has 1 aliphatic rings. The number of nitrogens with zero attached hydrogens (tertiary/aromatic N) is 3. The molecule has 0 fully saturated rings. The third-order valence-electron chi connectivity index (χ3n) is 2.61. The first-order valence-electron chi connectivity index (χ1n) is 5.73. The maximum Gasteiger partial charge on any atom is 0.507 e. The van der Waals surface area contributed by atoms with Crippen molar-refractivity contribution in [2.45, 2.75) is 12.2 Å². The maximum absolute atomic E-state index is 13.1. The number of anilines is 1. The minimum Gasteiger partial charge on any atom is -0.421 e. The predicted octanol–water partition coefficient (Wildman–Crippen LogP) is 2.88. The minimum atomic E-state index is -4.88. The highest BCUT2D eigenvalue weighted by Gasteiger charge is 2.65. The van der Waals surface area contributed by atoms with E-state index >= 15 is 0 Å². The zero-order valence-electron chi connectivity index (χ0n) is 10.9. The molecule has 1 aromatic rings. The van der Waals surface area contributed by atoms with Gasteiger partial charge < -0.3 is 14.8 Å². The number of ether oxygens (including phenoxy) is 2. The van der Waals surface area contributed by atoms with E-state index in [1.165, 1.54) is 12.1 Å². The van der Waals surface area contributed by atoms with Gasteiger partial charge in [0.1, 0.15) is 23.9 Å². The van der Waals surface area contributed by atoms with E-state index in [1.54, 1.807) is 6.07 Å². The normalized spacial score (nSPS) is 16.2. The summed E-state index contributed by atoms with van der Waals surface area (Å²) in [5.41, 5.74) is -1.03. The molecule has 0 saturated heterocycles. The SMILES string of the molecule is N#CC(C#N)=C(C#N)Nc1ccc2c(c1)OC(F)(F)C(F)(F)O2. The molecule has 0 bridgehead atoms. The van der Waals surface area contributed by atoms with Gasteiger partial charge in [-0.3, -0.25) is 0 Å². The van der Waals surface area contributed by atoms with Crippen molar-refractivity contribution in [1.82, 2.24) is 0 Å². The maximum atomic E-state index is 13.1. The van der Waals surface area contributed by atoms with Gasteiger partial charge in [0.25, 0.3) is 0 Å². The Morgan fingerprint density at radius 3 is 2.00 bits per heavy atom. The molecular weight excluding hydrogens is 320 g/mol. The quantitative estimate of drug-likeness (QED) is 0.663. The average molecular weight is 324 g/mol. The summed E-state index contributed by atoms with van der Waals surface area (Å²) in [7, 11) is 0. The van der Waals surface area contributed by atoms with Crippen LogP contribution in [0.15, 0.2) is 29.5 Å². The monoisotopic (exact) mass is 324 g/mol. The molecule has 2 rings (SSSR count). The fourth-order valence-electron chi connectivity index (χ4n) is 1.57. The standard InChI is InChI=1S/C13H4F4N4O2/c14-12(15)13(16,17)23-11-3-8(1-2-10(11)22-12)21-9(6-20)7(4-18)5-19/h1-3,21H. The number of alkyl halides is 4. The van der Waals surface area contributed by atoms with E-state index in [1.807, 2.05) is 0 Å². The fraction of sp³-hybridized carbons (Fsp3) is 0.154. The zero-order valence-corrected chi connectivity index (χ0v) is 10.9. The van der Waals surface area contributed by atoms with Crippen molar-refractivity contribution in [3.63, 3.8) is 0 Å². The van der Waals surface area contributed by atoms with Crippen molar-refractivity contribution >= 4 is 5.69 Å². The first-order chi connectivity index (χ1) is 10.7. The van der Waals surface area contributed by atoms with Crippen LogP contribution in [0.1, 0.15) is 0 Å². The van der Waals surface area contributed by atoms with Gasteiger partial charge in [-0.1, -0.05) is 0 Å². The number of hydrogen-bond acceptors (Lipinski definition) is 6. The zero-order chi connectivity index (χ0) is 17.3. The highest BCUT2D eigenvalue weighted by Crippen LogP contribution is 2.47. The molecule has 116 valence electrons. The lowest BCUT2D eigenvalue weighted by molar-refractivity contribution is -0.391. The summed E-state index contributed by atoms with van der Waals surface area (Å²) in [4.78, 5) is 0. The van der Waals surface area contributed by atoms with Crippen molar-refractivity contribution in [3.05, 3.63) is 29.5 Å². The minimum absolute atomic E-state index is 0.0482. The highest BCUT2D eigenvalue weighted by atomic mass is 19.3. The van der Waals surface area contributed by atoms with Crippen LogP contribution in [-0.4, -0.2) is 12.2 Å². The molecule has 1 aromatic carbocycles. The van der Waals surface area contributed by atoms with Crippen LogP contribution in [0.5, 0.6) is 11.5 Å². The molecule has 0 aromatic heterocycles. The van der Waals surface area contributed by atoms with E-state index in [9.17, 15) is 17.6 Å². The number of allylic oxidation sites excluding steroid dienone is 2. The van der Waals surface area contributed by atoms with Crippen molar-refractivity contribution < 1.29 is 27.0 Å². The summed E-state index contributed by atoms with van der Waals surface area (Å²) in [6, 6.07) is 7.37. The van der Waals surface area contributed by atoms with E-state index in [2.05, 4.69) is 14.8 Å². The van der Waals surface area contributed by atoms with Crippen LogP contribution in [0.25, 0.3) is 0 Å². The number of benzene rings is 1. The van der Waals surface area contributed by atoms with Gasteiger partial charge in [-0.15, -0.1) is 0 Å². The lowest BCUT2D eigenvalue weighted by Crippen LogP contribution is -2.52. The Hall–Kier alpha value is -3.45. The van der Waals surface area contributed by atoms with Crippen LogP contribution in [0, 0.1) is 34.0 Å². The molecule has 10 heteroatoms. The van der Waals surface area contributed by atoms with E-state index in [-0.39, 0.29) is 5.69 Å². The molecule has 23 heavy (non-hydrogen) atoms. The number of fused-ring (bicyclic) bond motifs is 1. The fourth-order valence-corrected chi connectivity index (χ4v) is 1.57. The van der Waals surface area contributed by atoms with Crippen LogP contribution in [0.2, 0.25) is 0 Å². The Balaban J connectivity index is 2.38.